The van der Waals surface area contributed by atoms with Crippen LogP contribution in [0.25, 0.3) is 0 Å². The molecular weight excluding hydrogens is 581 g/mol. The van der Waals surface area contributed by atoms with E-state index in [-0.39, 0.29) is 51.4 Å². The van der Waals surface area contributed by atoms with Crippen molar-refractivity contribution in [3.8, 4) is 6.07 Å². The highest BCUT2D eigenvalue weighted by Gasteiger charge is 2.46. The van der Waals surface area contributed by atoms with E-state index in [4.69, 9.17) is 17.3 Å². The molecule has 9 nitrogen and oxygen atoms in total. The first-order valence-corrected chi connectivity index (χ1v) is 14.7. The van der Waals surface area contributed by atoms with Gasteiger partial charge >= 0.3 is 0 Å². The molecular formula is C25H21ClFN7O2S3. The molecule has 2 aliphatic rings. The molecule has 2 aromatic heterocycles. The van der Waals surface area contributed by atoms with Gasteiger partial charge in [0.05, 0.1) is 23.3 Å². The molecule has 1 aromatic carbocycles. The fourth-order valence-corrected chi connectivity index (χ4v) is 7.22. The van der Waals surface area contributed by atoms with Gasteiger partial charge in [-0.1, -0.05) is 54.6 Å². The number of thiazole rings is 1. The second-order valence-corrected chi connectivity index (χ2v) is 13.1. The number of aromatic nitrogens is 3. The summed E-state index contributed by atoms with van der Waals surface area (Å²) in [4.78, 5) is 31.5. The van der Waals surface area contributed by atoms with Gasteiger partial charge < -0.3 is 11.1 Å². The molecule has 1 unspecified atom stereocenters. The minimum absolute atomic E-state index is 0.000958. The van der Waals surface area contributed by atoms with Crippen molar-refractivity contribution >= 4 is 68.0 Å². The Morgan fingerprint density at radius 3 is 2.87 bits per heavy atom. The molecule has 1 aliphatic heterocycles. The van der Waals surface area contributed by atoms with Crippen molar-refractivity contribution in [2.75, 3.05) is 16.0 Å². The lowest BCUT2D eigenvalue weighted by molar-refractivity contribution is -0.118. The predicted molar refractivity (Wildman–Crippen MR) is 150 cm³/mol. The molecule has 200 valence electrons. The van der Waals surface area contributed by atoms with Gasteiger partial charge in [-0.25, -0.2) is 9.37 Å². The highest BCUT2D eigenvalue weighted by atomic mass is 35.5. The highest BCUT2D eigenvalue weighted by Crippen LogP contribution is 2.52. The van der Waals surface area contributed by atoms with Gasteiger partial charge in [0, 0.05) is 39.9 Å². The molecule has 0 bridgehead atoms. The molecule has 0 saturated carbocycles. The third-order valence-electron chi connectivity index (χ3n) is 6.26. The molecule has 0 fully saturated rings. The third kappa shape index (κ3) is 5.29. The SMILES string of the molecule is CC1(C)CC(=O)C2=C(C1)N(c1nnc(SCC(=O)Nc3nccs3)s1)C(N)=C(C#N)C2c1c(F)cccc1Cl. The maximum atomic E-state index is 15.1. The lowest BCUT2D eigenvalue weighted by Gasteiger charge is -2.42. The Balaban J connectivity index is 1.53. The van der Waals surface area contributed by atoms with Crippen LogP contribution in [0.15, 0.2) is 56.8 Å². The Morgan fingerprint density at radius 1 is 1.38 bits per heavy atom. The van der Waals surface area contributed by atoms with E-state index >= 15 is 4.39 Å². The number of Topliss-reactive ketones (excluding diaryl/α,β-unsaturated/α-hetero) is 1. The van der Waals surface area contributed by atoms with Crippen molar-refractivity contribution < 1.29 is 14.0 Å². The smallest absolute Gasteiger partial charge is 0.236 e. The van der Waals surface area contributed by atoms with Gasteiger partial charge in [0.15, 0.2) is 15.3 Å². The zero-order valence-electron chi connectivity index (χ0n) is 20.7. The van der Waals surface area contributed by atoms with Crippen LogP contribution < -0.4 is 16.0 Å². The monoisotopic (exact) mass is 601 g/mol. The Morgan fingerprint density at radius 2 is 2.18 bits per heavy atom. The summed E-state index contributed by atoms with van der Waals surface area (Å²) in [5.74, 6) is -2.03. The zero-order chi connectivity index (χ0) is 27.9. The molecule has 5 rings (SSSR count). The van der Waals surface area contributed by atoms with Gasteiger partial charge in [-0.15, -0.1) is 21.5 Å². The minimum Gasteiger partial charge on any atom is -0.384 e. The molecule has 1 amide bonds. The summed E-state index contributed by atoms with van der Waals surface area (Å²) in [5, 5.41) is 24.0. The summed E-state index contributed by atoms with van der Waals surface area (Å²) in [5.41, 5.74) is 7.01. The van der Waals surface area contributed by atoms with Crippen molar-refractivity contribution in [3.63, 3.8) is 0 Å². The van der Waals surface area contributed by atoms with Gasteiger partial charge in [0.2, 0.25) is 11.0 Å². The van der Waals surface area contributed by atoms with Crippen molar-refractivity contribution in [3.05, 3.63) is 68.8 Å². The van der Waals surface area contributed by atoms with Crippen LogP contribution in [-0.2, 0) is 9.59 Å². The second-order valence-electron chi connectivity index (χ2n) is 9.64. The van der Waals surface area contributed by atoms with Crippen LogP contribution in [0.3, 0.4) is 0 Å². The first-order chi connectivity index (χ1) is 18.6. The van der Waals surface area contributed by atoms with Crippen LogP contribution in [0.5, 0.6) is 0 Å². The number of hydrogen-bond donors (Lipinski definition) is 2. The topological polar surface area (TPSA) is 138 Å². The van der Waals surface area contributed by atoms with Crippen LogP contribution in [0.1, 0.15) is 38.2 Å². The van der Waals surface area contributed by atoms with E-state index in [1.807, 2.05) is 13.8 Å². The lowest BCUT2D eigenvalue weighted by Crippen LogP contribution is -2.42. The standard InChI is InChI=1S/C25H21ClFN7O2S3/c1-25(2)8-15-20(16(35)9-25)18(19-13(26)4-3-5-14(19)27)12(10-28)21(29)34(15)23-32-33-24(39-23)38-11-17(36)31-22-30-6-7-37-22/h3-7,18H,8-9,11,29H2,1-2H3,(H,30,31,36). The zero-order valence-corrected chi connectivity index (χ0v) is 23.9. The molecule has 3 N–H and O–H groups in total. The van der Waals surface area contributed by atoms with Crippen molar-refractivity contribution in [1.82, 2.24) is 15.2 Å². The number of carbonyl (C=O) groups is 2. The number of nitrogens with zero attached hydrogens (tertiary/aromatic N) is 5. The van der Waals surface area contributed by atoms with E-state index < -0.39 is 17.2 Å². The van der Waals surface area contributed by atoms with Gasteiger partial charge in [-0.2, -0.15) is 5.26 Å². The number of thioether (sulfide) groups is 1. The van der Waals surface area contributed by atoms with Crippen LogP contribution in [0.2, 0.25) is 5.02 Å². The number of nitriles is 1. The molecule has 39 heavy (non-hydrogen) atoms. The summed E-state index contributed by atoms with van der Waals surface area (Å²) in [6, 6.07) is 6.33. The lowest BCUT2D eigenvalue weighted by atomic mass is 9.68. The molecule has 0 radical (unpaired) electrons. The number of benzene rings is 1. The molecule has 3 heterocycles. The molecule has 0 spiro atoms. The number of halogens is 2. The van der Waals surface area contributed by atoms with E-state index in [1.165, 1.54) is 52.6 Å². The summed E-state index contributed by atoms with van der Waals surface area (Å²) < 4.78 is 15.6. The fraction of sp³-hybridized carbons (Fsp3) is 0.280. The van der Waals surface area contributed by atoms with Crippen molar-refractivity contribution in [2.24, 2.45) is 11.1 Å². The normalized spacial score (nSPS) is 18.7. The number of allylic oxidation sites excluding steroid dienone is 3. The van der Waals surface area contributed by atoms with Crippen LogP contribution >= 0.6 is 46.0 Å². The first-order valence-electron chi connectivity index (χ1n) is 11.7. The molecule has 1 atom stereocenters. The Kier molecular flexibility index (Phi) is 7.47. The Hall–Kier alpha value is -3.31. The van der Waals surface area contributed by atoms with Gasteiger partial charge in [-0.3, -0.25) is 14.5 Å². The summed E-state index contributed by atoms with van der Waals surface area (Å²) >= 11 is 10.1. The molecule has 3 aromatic rings. The van der Waals surface area contributed by atoms with Crippen LogP contribution in [-0.4, -0.2) is 32.6 Å². The van der Waals surface area contributed by atoms with E-state index in [0.29, 0.717) is 26.7 Å². The number of carbonyl (C=O) groups excluding carboxylic acids is 2. The van der Waals surface area contributed by atoms with E-state index in [9.17, 15) is 14.9 Å². The quantitative estimate of drug-likeness (QED) is 0.353. The number of nitrogens with two attached hydrogens (primary N) is 1. The number of hydrogen-bond acceptors (Lipinski definition) is 11. The van der Waals surface area contributed by atoms with Crippen molar-refractivity contribution in [1.29, 1.82) is 5.26 Å². The fourth-order valence-electron chi connectivity index (χ4n) is 4.72. The van der Waals surface area contributed by atoms with E-state index in [1.54, 1.807) is 16.5 Å². The van der Waals surface area contributed by atoms with Gasteiger partial charge in [0.25, 0.3) is 0 Å². The van der Waals surface area contributed by atoms with Crippen LogP contribution in [0.4, 0.5) is 14.7 Å². The Labute approximate surface area is 240 Å². The summed E-state index contributed by atoms with van der Waals surface area (Å²) in [7, 11) is 0. The van der Waals surface area contributed by atoms with Crippen molar-refractivity contribution in [2.45, 2.75) is 36.9 Å². The molecule has 14 heteroatoms. The van der Waals surface area contributed by atoms with Crippen LogP contribution in [0, 0.1) is 22.6 Å². The second kappa shape index (κ2) is 10.7. The maximum Gasteiger partial charge on any atom is 0.236 e. The summed E-state index contributed by atoms with van der Waals surface area (Å²) in [6.07, 6.45) is 2.24. The Bertz CT molecular complexity index is 1560. The minimum atomic E-state index is -1.05. The van der Waals surface area contributed by atoms with Gasteiger partial charge in [0.1, 0.15) is 11.6 Å². The number of amides is 1. The maximum absolute atomic E-state index is 15.1. The average molecular weight is 602 g/mol. The predicted octanol–water partition coefficient (Wildman–Crippen LogP) is 5.46. The van der Waals surface area contributed by atoms with E-state index in [0.717, 1.165) is 0 Å². The number of ketones is 1. The average Bonchev–Trinajstić information content (AvgIpc) is 3.54. The van der Waals surface area contributed by atoms with E-state index in [2.05, 4.69) is 26.6 Å². The number of anilines is 2. The largest absolute Gasteiger partial charge is 0.384 e. The van der Waals surface area contributed by atoms with Gasteiger partial charge in [-0.05, 0) is 24.0 Å². The number of rotatable bonds is 6. The summed E-state index contributed by atoms with van der Waals surface area (Å²) in [6.45, 7) is 3.92. The first kappa shape index (κ1) is 27.3. The molecule has 1 aliphatic carbocycles. The third-order valence-corrected chi connectivity index (χ3v) is 9.32. The highest BCUT2D eigenvalue weighted by molar-refractivity contribution is 8.01. The number of nitrogens with one attached hydrogen (secondary N) is 1. The molecule has 0 saturated heterocycles.